The van der Waals surface area contributed by atoms with Gasteiger partial charge >= 0.3 is 0 Å². The minimum atomic E-state index is 0.562. The molecule has 0 aromatic heterocycles. The predicted octanol–water partition coefficient (Wildman–Crippen LogP) is 3.84. The quantitative estimate of drug-likeness (QED) is 0.835. The van der Waals surface area contributed by atoms with Gasteiger partial charge in [0.25, 0.3) is 0 Å². The number of halogens is 1. The highest BCUT2D eigenvalue weighted by Crippen LogP contribution is 2.19. The number of anilines is 1. The third-order valence-electron chi connectivity index (χ3n) is 2.93. The first-order valence-electron chi connectivity index (χ1n) is 6.29. The van der Waals surface area contributed by atoms with E-state index >= 15 is 0 Å². The lowest BCUT2D eigenvalue weighted by molar-refractivity contribution is 0.326. The summed E-state index contributed by atoms with van der Waals surface area (Å²) in [5, 5.41) is 9.09. The first-order valence-corrected chi connectivity index (χ1v) is 7.08. The van der Waals surface area contributed by atoms with Crippen LogP contribution in [-0.2, 0) is 0 Å². The Balaban J connectivity index is 1.93. The molecule has 102 valence electrons. The number of likely N-dealkylation sites (N-methyl/N-ethyl adjacent to an activating group) is 1. The number of para-hydroxylation sites is 1. The average Bonchev–Trinajstić information content (AvgIpc) is 2.47. The normalized spacial score (nSPS) is 9.85. The van der Waals surface area contributed by atoms with Crippen LogP contribution >= 0.6 is 15.9 Å². The maximum Gasteiger partial charge on any atom is 0.120 e. The van der Waals surface area contributed by atoms with Gasteiger partial charge in [-0.15, -0.1) is 0 Å². The van der Waals surface area contributed by atoms with Crippen LogP contribution in [0.25, 0.3) is 0 Å². The van der Waals surface area contributed by atoms with E-state index in [9.17, 15) is 0 Å². The average molecular weight is 331 g/mol. The molecule has 0 saturated carbocycles. The molecule has 0 fully saturated rings. The van der Waals surface area contributed by atoms with E-state index < -0.39 is 0 Å². The molecule has 2 rings (SSSR count). The maximum absolute atomic E-state index is 9.09. The lowest BCUT2D eigenvalue weighted by Crippen LogP contribution is -2.24. The van der Waals surface area contributed by atoms with Crippen LogP contribution in [0.15, 0.2) is 53.0 Å². The van der Waals surface area contributed by atoms with Crippen LogP contribution in [0.5, 0.6) is 5.75 Å². The van der Waals surface area contributed by atoms with Crippen molar-refractivity contribution >= 4 is 21.6 Å². The summed E-state index contributed by atoms with van der Waals surface area (Å²) in [5.74, 6) is 0.835. The smallest absolute Gasteiger partial charge is 0.120 e. The molecule has 0 aliphatic carbocycles. The summed E-state index contributed by atoms with van der Waals surface area (Å²) in [5.41, 5.74) is 1.60. The number of rotatable bonds is 5. The summed E-state index contributed by atoms with van der Waals surface area (Å²) >= 11 is 3.41. The third kappa shape index (κ3) is 3.75. The van der Waals surface area contributed by atoms with Crippen LogP contribution in [0.3, 0.4) is 0 Å². The van der Waals surface area contributed by atoms with E-state index in [0.717, 1.165) is 15.9 Å². The zero-order valence-corrected chi connectivity index (χ0v) is 12.8. The highest BCUT2D eigenvalue weighted by atomic mass is 79.9. The summed E-state index contributed by atoms with van der Waals surface area (Å²) in [6, 6.07) is 17.5. The van der Waals surface area contributed by atoms with Gasteiger partial charge in [0, 0.05) is 11.5 Å². The number of hydrogen-bond donors (Lipinski definition) is 0. The second-order valence-electron chi connectivity index (χ2n) is 4.36. The van der Waals surface area contributed by atoms with Crippen molar-refractivity contribution in [3.05, 3.63) is 58.6 Å². The fourth-order valence-corrected chi connectivity index (χ4v) is 2.26. The van der Waals surface area contributed by atoms with Gasteiger partial charge in [-0.05, 0) is 30.3 Å². The molecule has 2 aromatic carbocycles. The molecular weight excluding hydrogens is 316 g/mol. The molecule has 0 aliphatic heterocycles. The fraction of sp³-hybridized carbons (Fsp3) is 0.188. The van der Waals surface area contributed by atoms with Crippen molar-refractivity contribution in [3.63, 3.8) is 0 Å². The molecular formula is C16H15BrN2O. The van der Waals surface area contributed by atoms with Gasteiger partial charge in [-0.2, -0.15) is 5.26 Å². The molecule has 0 saturated heterocycles. The molecule has 4 heteroatoms. The highest BCUT2D eigenvalue weighted by Gasteiger charge is 2.06. The van der Waals surface area contributed by atoms with E-state index in [4.69, 9.17) is 10.00 Å². The Labute approximate surface area is 127 Å². The van der Waals surface area contributed by atoms with Crippen molar-refractivity contribution in [2.24, 2.45) is 0 Å². The Morgan fingerprint density at radius 2 is 2.00 bits per heavy atom. The van der Waals surface area contributed by atoms with Crippen molar-refractivity contribution in [2.45, 2.75) is 0 Å². The number of benzene rings is 2. The number of hydrogen-bond acceptors (Lipinski definition) is 3. The first kappa shape index (κ1) is 14.4. The molecule has 0 heterocycles. The molecule has 0 N–H and O–H groups in total. The van der Waals surface area contributed by atoms with E-state index in [1.165, 1.54) is 0 Å². The highest BCUT2D eigenvalue weighted by molar-refractivity contribution is 9.10. The molecule has 3 nitrogen and oxygen atoms in total. The van der Waals surface area contributed by atoms with Crippen LogP contribution in [0, 0.1) is 11.3 Å². The predicted molar refractivity (Wildman–Crippen MR) is 84.1 cm³/mol. The Morgan fingerprint density at radius 3 is 2.75 bits per heavy atom. The van der Waals surface area contributed by atoms with Gasteiger partial charge in [0.15, 0.2) is 0 Å². The van der Waals surface area contributed by atoms with E-state index in [2.05, 4.69) is 22.0 Å². The van der Waals surface area contributed by atoms with Crippen LogP contribution in [0.1, 0.15) is 5.56 Å². The minimum Gasteiger partial charge on any atom is -0.492 e. The standard InChI is InChI=1S/C16H15BrN2O/c1-19(16-8-3-2-5-13(16)12-18)9-10-20-15-7-4-6-14(17)11-15/h2-8,11H,9-10H2,1H3. The SMILES string of the molecule is CN(CCOc1cccc(Br)c1)c1ccccc1C#N. The molecule has 0 spiro atoms. The van der Waals surface area contributed by atoms with Crippen LogP contribution in [0.2, 0.25) is 0 Å². The van der Waals surface area contributed by atoms with Crippen molar-refractivity contribution in [1.29, 1.82) is 5.26 Å². The second-order valence-corrected chi connectivity index (χ2v) is 5.27. The van der Waals surface area contributed by atoms with Gasteiger partial charge in [0.1, 0.15) is 18.4 Å². The van der Waals surface area contributed by atoms with Crippen LogP contribution in [-0.4, -0.2) is 20.2 Å². The van der Waals surface area contributed by atoms with E-state index in [-0.39, 0.29) is 0 Å². The molecule has 0 radical (unpaired) electrons. The number of ether oxygens (including phenoxy) is 1. The second kappa shape index (κ2) is 6.97. The van der Waals surface area contributed by atoms with Crippen molar-refractivity contribution in [2.75, 3.05) is 25.1 Å². The van der Waals surface area contributed by atoms with E-state index in [1.807, 2.05) is 60.5 Å². The van der Waals surface area contributed by atoms with Crippen LogP contribution < -0.4 is 9.64 Å². The van der Waals surface area contributed by atoms with Crippen molar-refractivity contribution < 1.29 is 4.74 Å². The molecule has 0 aliphatic rings. The maximum atomic E-state index is 9.09. The zero-order chi connectivity index (χ0) is 14.4. The van der Waals surface area contributed by atoms with Gasteiger partial charge in [-0.3, -0.25) is 0 Å². The van der Waals surface area contributed by atoms with Gasteiger partial charge in [-0.25, -0.2) is 0 Å². The largest absolute Gasteiger partial charge is 0.492 e. The summed E-state index contributed by atoms with van der Waals surface area (Å²) in [4.78, 5) is 2.02. The van der Waals surface area contributed by atoms with Gasteiger partial charge < -0.3 is 9.64 Å². The molecule has 0 unspecified atom stereocenters. The van der Waals surface area contributed by atoms with Gasteiger partial charge in [-0.1, -0.05) is 34.1 Å². The van der Waals surface area contributed by atoms with Gasteiger partial charge in [0.05, 0.1) is 17.8 Å². The Kier molecular flexibility index (Phi) is 5.03. The molecule has 0 bridgehead atoms. The zero-order valence-electron chi connectivity index (χ0n) is 11.2. The van der Waals surface area contributed by atoms with E-state index in [1.54, 1.807) is 0 Å². The molecule has 0 atom stereocenters. The molecule has 20 heavy (non-hydrogen) atoms. The lowest BCUT2D eigenvalue weighted by Gasteiger charge is -2.20. The Morgan fingerprint density at radius 1 is 1.20 bits per heavy atom. The lowest BCUT2D eigenvalue weighted by atomic mass is 10.2. The van der Waals surface area contributed by atoms with E-state index in [0.29, 0.717) is 18.7 Å². The summed E-state index contributed by atoms with van der Waals surface area (Å²) in [7, 11) is 1.96. The monoisotopic (exact) mass is 330 g/mol. The third-order valence-corrected chi connectivity index (χ3v) is 3.42. The number of nitrogens with zero attached hydrogens (tertiary/aromatic N) is 2. The minimum absolute atomic E-state index is 0.562. The summed E-state index contributed by atoms with van der Waals surface area (Å²) < 4.78 is 6.70. The Bertz CT molecular complexity index is 622. The first-order chi connectivity index (χ1) is 9.70. The number of nitriles is 1. The van der Waals surface area contributed by atoms with Crippen molar-refractivity contribution in [3.8, 4) is 11.8 Å². The Hall–Kier alpha value is -1.99. The topological polar surface area (TPSA) is 36.3 Å². The van der Waals surface area contributed by atoms with Gasteiger partial charge in [0.2, 0.25) is 0 Å². The summed E-state index contributed by atoms with van der Waals surface area (Å²) in [6.45, 7) is 1.28. The molecule has 2 aromatic rings. The van der Waals surface area contributed by atoms with Crippen LogP contribution in [0.4, 0.5) is 5.69 Å². The fourth-order valence-electron chi connectivity index (χ4n) is 1.88. The summed E-state index contributed by atoms with van der Waals surface area (Å²) in [6.07, 6.45) is 0. The molecule has 0 amide bonds. The van der Waals surface area contributed by atoms with Crippen molar-refractivity contribution in [1.82, 2.24) is 0 Å².